The number of rotatable bonds is 4. The Labute approximate surface area is 189 Å². The number of nitrogens with one attached hydrogen (secondary N) is 1. The number of likely N-dealkylation sites (tertiary alicyclic amines) is 1. The van der Waals surface area contributed by atoms with Gasteiger partial charge in [-0.3, -0.25) is 9.78 Å². The first-order chi connectivity index (χ1) is 15.2. The van der Waals surface area contributed by atoms with Crippen LogP contribution in [-0.2, 0) is 11.3 Å². The van der Waals surface area contributed by atoms with Crippen LogP contribution in [0.4, 0.5) is 10.6 Å². The van der Waals surface area contributed by atoms with E-state index in [9.17, 15) is 9.59 Å². The summed E-state index contributed by atoms with van der Waals surface area (Å²) in [5.74, 6) is 1.19. The molecule has 0 radical (unpaired) electrons. The van der Waals surface area contributed by atoms with E-state index < -0.39 is 5.60 Å². The number of anilines is 1. The van der Waals surface area contributed by atoms with Gasteiger partial charge in [0, 0.05) is 44.6 Å². The van der Waals surface area contributed by atoms with Crippen LogP contribution in [0, 0.1) is 18.8 Å². The van der Waals surface area contributed by atoms with Crippen molar-refractivity contribution in [3.05, 3.63) is 53.5 Å². The van der Waals surface area contributed by atoms with E-state index in [1.165, 1.54) is 6.20 Å². The van der Waals surface area contributed by atoms with Crippen LogP contribution in [0.2, 0.25) is 0 Å². The standard InChI is InChI=1S/C24H31N5O3/c1-16-7-5-6-8-17(16)9-26-22(30)20-10-25-11-21(27-20)28-12-18-14-29(15-19(18)13-28)23(31)32-24(2,3)4/h5-8,10-11,18-19H,9,12-15H2,1-4H3,(H,26,30)/t18-,19+. The number of hydrogen-bond donors (Lipinski definition) is 1. The SMILES string of the molecule is Cc1ccccc1CNC(=O)c1cncc(N2C[C@H]3CN(C(=O)OC(C)(C)C)C[C@H]3C2)n1. The molecule has 0 aliphatic carbocycles. The van der Waals surface area contributed by atoms with Crippen molar-refractivity contribution in [2.24, 2.45) is 11.8 Å². The Morgan fingerprint density at radius 1 is 1.09 bits per heavy atom. The van der Waals surface area contributed by atoms with E-state index in [0.29, 0.717) is 43.0 Å². The Morgan fingerprint density at radius 3 is 2.44 bits per heavy atom. The Balaban J connectivity index is 1.34. The molecule has 0 bridgehead atoms. The van der Waals surface area contributed by atoms with Gasteiger partial charge >= 0.3 is 6.09 Å². The number of carbonyl (C=O) groups is 2. The van der Waals surface area contributed by atoms with Crippen LogP contribution in [0.3, 0.4) is 0 Å². The van der Waals surface area contributed by atoms with Gasteiger partial charge in [-0.05, 0) is 38.8 Å². The fourth-order valence-electron chi connectivity index (χ4n) is 4.35. The lowest BCUT2D eigenvalue weighted by atomic mass is 10.0. The van der Waals surface area contributed by atoms with E-state index in [1.807, 2.05) is 52.0 Å². The number of benzene rings is 1. The molecule has 0 unspecified atom stereocenters. The van der Waals surface area contributed by atoms with Gasteiger partial charge < -0.3 is 19.9 Å². The monoisotopic (exact) mass is 437 g/mol. The highest BCUT2D eigenvalue weighted by atomic mass is 16.6. The average Bonchev–Trinajstić information content (AvgIpc) is 3.31. The van der Waals surface area contributed by atoms with Crippen molar-refractivity contribution in [3.8, 4) is 0 Å². The van der Waals surface area contributed by atoms with Crippen LogP contribution >= 0.6 is 0 Å². The molecule has 4 rings (SSSR count). The summed E-state index contributed by atoms with van der Waals surface area (Å²) in [6.45, 7) is 11.0. The maximum atomic E-state index is 12.6. The lowest BCUT2D eigenvalue weighted by molar-refractivity contribution is 0.0282. The van der Waals surface area contributed by atoms with E-state index in [1.54, 1.807) is 11.1 Å². The molecule has 2 aliphatic heterocycles. The summed E-state index contributed by atoms with van der Waals surface area (Å²) in [6.07, 6.45) is 2.95. The predicted octanol–water partition coefficient (Wildman–Crippen LogP) is 3.02. The van der Waals surface area contributed by atoms with Crippen molar-refractivity contribution >= 4 is 17.8 Å². The van der Waals surface area contributed by atoms with E-state index in [2.05, 4.69) is 20.2 Å². The molecule has 2 atom stereocenters. The minimum Gasteiger partial charge on any atom is -0.444 e. The van der Waals surface area contributed by atoms with Gasteiger partial charge in [-0.15, -0.1) is 0 Å². The van der Waals surface area contributed by atoms with Crippen LogP contribution in [0.15, 0.2) is 36.7 Å². The number of ether oxygens (including phenoxy) is 1. The number of amides is 2. The number of fused-ring (bicyclic) bond motifs is 1. The van der Waals surface area contributed by atoms with E-state index in [-0.39, 0.29) is 12.0 Å². The van der Waals surface area contributed by atoms with Crippen LogP contribution in [0.1, 0.15) is 42.4 Å². The third-order valence-corrected chi connectivity index (χ3v) is 6.02. The van der Waals surface area contributed by atoms with Gasteiger partial charge in [0.05, 0.1) is 12.4 Å². The summed E-state index contributed by atoms with van der Waals surface area (Å²) in [7, 11) is 0. The number of aromatic nitrogens is 2. The zero-order chi connectivity index (χ0) is 22.9. The largest absolute Gasteiger partial charge is 0.444 e. The number of aryl methyl sites for hydroxylation is 1. The molecule has 1 aromatic carbocycles. The van der Waals surface area contributed by atoms with Crippen LogP contribution in [-0.4, -0.2) is 58.6 Å². The smallest absolute Gasteiger partial charge is 0.410 e. The molecule has 1 N–H and O–H groups in total. The van der Waals surface area contributed by atoms with Crippen LogP contribution in [0.5, 0.6) is 0 Å². The Kier molecular flexibility index (Phi) is 6.04. The van der Waals surface area contributed by atoms with Gasteiger partial charge in [-0.2, -0.15) is 0 Å². The third-order valence-electron chi connectivity index (χ3n) is 6.02. The lowest BCUT2D eigenvalue weighted by Gasteiger charge is -2.26. The minimum absolute atomic E-state index is 0.238. The molecule has 170 valence electrons. The second-order valence-corrected chi connectivity index (χ2v) is 9.68. The summed E-state index contributed by atoms with van der Waals surface area (Å²) < 4.78 is 5.51. The topological polar surface area (TPSA) is 87.7 Å². The summed E-state index contributed by atoms with van der Waals surface area (Å²) >= 11 is 0. The zero-order valence-electron chi connectivity index (χ0n) is 19.2. The second-order valence-electron chi connectivity index (χ2n) is 9.68. The maximum Gasteiger partial charge on any atom is 0.410 e. The van der Waals surface area contributed by atoms with Gasteiger partial charge in [0.25, 0.3) is 5.91 Å². The van der Waals surface area contributed by atoms with Crippen molar-refractivity contribution < 1.29 is 14.3 Å². The molecular formula is C24H31N5O3. The Bertz CT molecular complexity index is 989. The van der Waals surface area contributed by atoms with Gasteiger partial charge in [-0.1, -0.05) is 24.3 Å². The molecule has 2 aromatic rings. The highest BCUT2D eigenvalue weighted by molar-refractivity contribution is 5.92. The molecule has 2 amide bonds. The average molecular weight is 438 g/mol. The quantitative estimate of drug-likeness (QED) is 0.791. The molecule has 0 saturated carbocycles. The summed E-state index contributed by atoms with van der Waals surface area (Å²) in [5.41, 5.74) is 2.03. The second kappa shape index (κ2) is 8.76. The molecule has 2 fully saturated rings. The molecule has 2 saturated heterocycles. The van der Waals surface area contributed by atoms with E-state index in [0.717, 1.165) is 24.2 Å². The van der Waals surface area contributed by atoms with Gasteiger partial charge in [0.15, 0.2) is 0 Å². The van der Waals surface area contributed by atoms with Crippen molar-refractivity contribution in [1.82, 2.24) is 20.2 Å². The Morgan fingerprint density at radius 2 is 1.78 bits per heavy atom. The van der Waals surface area contributed by atoms with E-state index >= 15 is 0 Å². The molecule has 32 heavy (non-hydrogen) atoms. The van der Waals surface area contributed by atoms with Crippen molar-refractivity contribution in [1.29, 1.82) is 0 Å². The normalized spacial score (nSPS) is 20.2. The number of nitrogens with zero attached hydrogens (tertiary/aromatic N) is 4. The third kappa shape index (κ3) is 5.00. The predicted molar refractivity (Wildman–Crippen MR) is 121 cm³/mol. The first-order valence-electron chi connectivity index (χ1n) is 11.1. The summed E-state index contributed by atoms with van der Waals surface area (Å²) in [4.78, 5) is 37.8. The van der Waals surface area contributed by atoms with E-state index in [4.69, 9.17) is 4.74 Å². The Hall–Kier alpha value is -3.16. The highest BCUT2D eigenvalue weighted by Gasteiger charge is 2.43. The van der Waals surface area contributed by atoms with Crippen molar-refractivity contribution in [2.75, 3.05) is 31.1 Å². The van der Waals surface area contributed by atoms with Gasteiger partial charge in [0.2, 0.25) is 0 Å². The maximum absolute atomic E-state index is 12.6. The van der Waals surface area contributed by atoms with Gasteiger partial charge in [-0.25, -0.2) is 9.78 Å². The molecule has 3 heterocycles. The van der Waals surface area contributed by atoms with Crippen molar-refractivity contribution in [2.45, 2.75) is 39.8 Å². The summed E-state index contributed by atoms with van der Waals surface area (Å²) in [6, 6.07) is 7.97. The first kappa shape index (κ1) is 22.0. The zero-order valence-corrected chi connectivity index (χ0v) is 19.2. The molecule has 8 nitrogen and oxygen atoms in total. The van der Waals surface area contributed by atoms with Crippen LogP contribution < -0.4 is 10.2 Å². The van der Waals surface area contributed by atoms with Gasteiger partial charge in [0.1, 0.15) is 17.1 Å². The van der Waals surface area contributed by atoms with Crippen LogP contribution in [0.25, 0.3) is 0 Å². The minimum atomic E-state index is -0.489. The molecule has 8 heteroatoms. The molecular weight excluding hydrogens is 406 g/mol. The molecule has 1 aromatic heterocycles. The van der Waals surface area contributed by atoms with Crippen molar-refractivity contribution in [3.63, 3.8) is 0 Å². The fourth-order valence-corrected chi connectivity index (χ4v) is 4.35. The number of hydrogen-bond acceptors (Lipinski definition) is 6. The fraction of sp³-hybridized carbons (Fsp3) is 0.500. The molecule has 2 aliphatic rings. The highest BCUT2D eigenvalue weighted by Crippen LogP contribution is 2.33. The number of carbonyl (C=O) groups excluding carboxylic acids is 2. The molecule has 0 spiro atoms. The first-order valence-corrected chi connectivity index (χ1v) is 11.1. The lowest BCUT2D eigenvalue weighted by Crippen LogP contribution is -2.37. The summed E-state index contributed by atoms with van der Waals surface area (Å²) in [5, 5.41) is 2.93.